The van der Waals surface area contributed by atoms with Crippen LogP contribution in [0.25, 0.3) is 0 Å². The van der Waals surface area contributed by atoms with Crippen molar-refractivity contribution >= 4 is 11.3 Å². The van der Waals surface area contributed by atoms with Gasteiger partial charge in [0, 0.05) is 38.1 Å². The van der Waals surface area contributed by atoms with Gasteiger partial charge in [-0.3, -0.25) is 4.90 Å². The summed E-state index contributed by atoms with van der Waals surface area (Å²) in [5.41, 5.74) is 3.66. The van der Waals surface area contributed by atoms with Gasteiger partial charge in [0.25, 0.3) is 0 Å². The van der Waals surface area contributed by atoms with Crippen LogP contribution >= 0.6 is 11.3 Å². The summed E-state index contributed by atoms with van der Waals surface area (Å²) < 4.78 is 0. The minimum Gasteiger partial charge on any atom is -0.316 e. The Kier molecular flexibility index (Phi) is 4.71. The monoisotopic (exact) mass is 294 g/mol. The summed E-state index contributed by atoms with van der Waals surface area (Å²) in [4.78, 5) is 9.64. The van der Waals surface area contributed by atoms with Crippen molar-refractivity contribution in [3.63, 3.8) is 0 Å². The zero-order chi connectivity index (χ0) is 13.8. The lowest BCUT2D eigenvalue weighted by Crippen LogP contribution is -2.39. The van der Waals surface area contributed by atoms with Crippen molar-refractivity contribution in [2.75, 3.05) is 45.8 Å². The molecule has 20 heavy (non-hydrogen) atoms. The average Bonchev–Trinajstić information content (AvgIpc) is 3.02. The van der Waals surface area contributed by atoms with Gasteiger partial charge in [0.2, 0.25) is 0 Å². The van der Waals surface area contributed by atoms with E-state index in [0.717, 1.165) is 6.54 Å². The van der Waals surface area contributed by atoms with Gasteiger partial charge in [-0.05, 0) is 37.9 Å². The van der Waals surface area contributed by atoms with E-state index in [2.05, 4.69) is 32.4 Å². The molecule has 2 fully saturated rings. The number of aromatic nitrogens is 1. The van der Waals surface area contributed by atoms with Crippen molar-refractivity contribution in [1.29, 1.82) is 0 Å². The standard InChI is InChI=1S/C15H26N4S/c1-15(3-4-16-11-15)12-19-6-2-5-18(7-8-19)9-14-10-20-13-17-14/h10,13,16H,2-9,11-12H2,1H3. The van der Waals surface area contributed by atoms with Gasteiger partial charge in [-0.25, -0.2) is 4.98 Å². The first-order chi connectivity index (χ1) is 9.73. The second-order valence-corrected chi connectivity index (χ2v) is 7.34. The number of thiazole rings is 1. The second-order valence-electron chi connectivity index (χ2n) is 6.62. The summed E-state index contributed by atoms with van der Waals surface area (Å²) >= 11 is 1.70. The molecule has 0 radical (unpaired) electrons. The van der Waals surface area contributed by atoms with E-state index in [1.165, 1.54) is 64.3 Å². The molecule has 2 saturated heterocycles. The van der Waals surface area contributed by atoms with Crippen molar-refractivity contribution in [3.05, 3.63) is 16.6 Å². The van der Waals surface area contributed by atoms with Gasteiger partial charge in [-0.1, -0.05) is 6.92 Å². The van der Waals surface area contributed by atoms with E-state index < -0.39 is 0 Å². The summed E-state index contributed by atoms with van der Waals surface area (Å²) in [7, 11) is 0. The van der Waals surface area contributed by atoms with Crippen LogP contribution in [0.1, 0.15) is 25.5 Å². The molecule has 1 aromatic rings. The van der Waals surface area contributed by atoms with E-state index in [4.69, 9.17) is 0 Å². The van der Waals surface area contributed by atoms with Gasteiger partial charge in [-0.2, -0.15) is 0 Å². The van der Waals surface area contributed by atoms with Crippen molar-refractivity contribution < 1.29 is 0 Å². The third kappa shape index (κ3) is 3.79. The van der Waals surface area contributed by atoms with Crippen LogP contribution in [0.3, 0.4) is 0 Å². The number of hydrogen-bond acceptors (Lipinski definition) is 5. The zero-order valence-electron chi connectivity index (χ0n) is 12.5. The topological polar surface area (TPSA) is 31.4 Å². The quantitative estimate of drug-likeness (QED) is 0.915. The van der Waals surface area contributed by atoms with Gasteiger partial charge < -0.3 is 10.2 Å². The third-order valence-electron chi connectivity index (χ3n) is 4.61. The third-order valence-corrected chi connectivity index (χ3v) is 5.25. The van der Waals surface area contributed by atoms with E-state index in [-0.39, 0.29) is 0 Å². The molecule has 0 saturated carbocycles. The van der Waals surface area contributed by atoms with Gasteiger partial charge in [0.05, 0.1) is 11.2 Å². The van der Waals surface area contributed by atoms with E-state index in [1.54, 1.807) is 11.3 Å². The number of nitrogens with zero attached hydrogens (tertiary/aromatic N) is 3. The molecule has 1 N–H and O–H groups in total. The Morgan fingerprint density at radius 1 is 1.30 bits per heavy atom. The highest BCUT2D eigenvalue weighted by Crippen LogP contribution is 2.26. The van der Waals surface area contributed by atoms with Gasteiger partial charge in [0.15, 0.2) is 0 Å². The fourth-order valence-electron chi connectivity index (χ4n) is 3.43. The maximum atomic E-state index is 4.41. The fourth-order valence-corrected chi connectivity index (χ4v) is 3.98. The molecule has 1 atom stereocenters. The highest BCUT2D eigenvalue weighted by atomic mass is 32.1. The average molecular weight is 294 g/mol. The highest BCUT2D eigenvalue weighted by Gasteiger charge is 2.31. The second kappa shape index (κ2) is 6.52. The van der Waals surface area contributed by atoms with Crippen LogP contribution in [0.4, 0.5) is 0 Å². The molecule has 0 spiro atoms. The summed E-state index contributed by atoms with van der Waals surface area (Å²) in [5, 5.41) is 5.69. The van der Waals surface area contributed by atoms with Crippen LogP contribution in [0.2, 0.25) is 0 Å². The fraction of sp³-hybridized carbons (Fsp3) is 0.800. The lowest BCUT2D eigenvalue weighted by molar-refractivity contribution is 0.178. The molecule has 5 heteroatoms. The highest BCUT2D eigenvalue weighted by molar-refractivity contribution is 7.07. The molecule has 0 aromatic carbocycles. The van der Waals surface area contributed by atoms with Crippen molar-refractivity contribution in [3.8, 4) is 0 Å². The molecule has 3 rings (SSSR count). The molecule has 0 aliphatic carbocycles. The van der Waals surface area contributed by atoms with Gasteiger partial charge in [0.1, 0.15) is 0 Å². The molecule has 1 unspecified atom stereocenters. The Balaban J connectivity index is 1.49. The summed E-state index contributed by atoms with van der Waals surface area (Å²) in [6, 6.07) is 0. The summed E-state index contributed by atoms with van der Waals surface area (Å²) in [6.07, 6.45) is 2.61. The molecule has 112 valence electrons. The first-order valence-corrected chi connectivity index (χ1v) is 8.70. The molecule has 0 bridgehead atoms. The Morgan fingerprint density at radius 3 is 2.90 bits per heavy atom. The minimum atomic E-state index is 0.490. The van der Waals surface area contributed by atoms with Crippen molar-refractivity contribution in [2.24, 2.45) is 5.41 Å². The molecule has 3 heterocycles. The Morgan fingerprint density at radius 2 is 2.15 bits per heavy atom. The molecular weight excluding hydrogens is 268 g/mol. The normalized spacial score (nSPS) is 29.6. The van der Waals surface area contributed by atoms with E-state index in [1.807, 2.05) is 5.51 Å². The Bertz CT molecular complexity index is 400. The molecule has 2 aliphatic rings. The molecular formula is C15H26N4S. The maximum Gasteiger partial charge on any atom is 0.0795 e. The lowest BCUT2D eigenvalue weighted by atomic mass is 9.89. The largest absolute Gasteiger partial charge is 0.316 e. The van der Waals surface area contributed by atoms with Crippen LogP contribution < -0.4 is 5.32 Å². The SMILES string of the molecule is CC1(CN2CCCN(Cc3cscn3)CC2)CCNC1. The molecule has 0 amide bonds. The van der Waals surface area contributed by atoms with Crippen LogP contribution in [-0.2, 0) is 6.54 Å². The molecule has 1 aromatic heterocycles. The van der Waals surface area contributed by atoms with Crippen molar-refractivity contribution in [1.82, 2.24) is 20.1 Å². The number of hydrogen-bond donors (Lipinski definition) is 1. The van der Waals surface area contributed by atoms with E-state index in [0.29, 0.717) is 5.41 Å². The smallest absolute Gasteiger partial charge is 0.0795 e. The van der Waals surface area contributed by atoms with Gasteiger partial charge >= 0.3 is 0 Å². The molecule has 2 aliphatic heterocycles. The predicted octanol–water partition coefficient (Wildman–Crippen LogP) is 1.65. The first-order valence-electron chi connectivity index (χ1n) is 7.76. The zero-order valence-corrected chi connectivity index (χ0v) is 13.3. The molecule has 4 nitrogen and oxygen atoms in total. The van der Waals surface area contributed by atoms with E-state index in [9.17, 15) is 0 Å². The van der Waals surface area contributed by atoms with Crippen LogP contribution in [-0.4, -0.2) is 60.6 Å². The van der Waals surface area contributed by atoms with Crippen molar-refractivity contribution in [2.45, 2.75) is 26.3 Å². The van der Waals surface area contributed by atoms with Crippen LogP contribution in [0.5, 0.6) is 0 Å². The number of nitrogens with one attached hydrogen (secondary N) is 1. The summed E-state index contributed by atoms with van der Waals surface area (Å²) in [6.45, 7) is 11.9. The Labute approximate surface area is 126 Å². The Hall–Kier alpha value is -0.490. The maximum absolute atomic E-state index is 4.41. The van der Waals surface area contributed by atoms with E-state index >= 15 is 0 Å². The predicted molar refractivity (Wildman–Crippen MR) is 84.0 cm³/mol. The van der Waals surface area contributed by atoms with Crippen LogP contribution in [0, 0.1) is 5.41 Å². The minimum absolute atomic E-state index is 0.490. The summed E-state index contributed by atoms with van der Waals surface area (Å²) in [5.74, 6) is 0. The number of rotatable bonds is 4. The first kappa shape index (κ1) is 14.4. The van der Waals surface area contributed by atoms with Gasteiger partial charge in [-0.15, -0.1) is 11.3 Å². The van der Waals surface area contributed by atoms with Crippen LogP contribution in [0.15, 0.2) is 10.9 Å². The lowest BCUT2D eigenvalue weighted by Gasteiger charge is -2.31.